The van der Waals surface area contributed by atoms with Gasteiger partial charge in [0.2, 0.25) is 0 Å². The Balaban J connectivity index is 1.74. The Morgan fingerprint density at radius 2 is 1.24 bits per heavy atom. The van der Waals surface area contributed by atoms with Crippen LogP contribution in [0.25, 0.3) is 39.2 Å². The Morgan fingerprint density at radius 3 is 1.74 bits per heavy atom. The van der Waals surface area contributed by atoms with Crippen molar-refractivity contribution < 1.29 is 4.39 Å². The summed E-state index contributed by atoms with van der Waals surface area (Å²) in [4.78, 5) is 0. The van der Waals surface area contributed by atoms with E-state index in [4.69, 9.17) is 0 Å². The molecule has 0 aliphatic heterocycles. The van der Waals surface area contributed by atoms with E-state index in [-0.39, 0.29) is 17.5 Å². The Bertz CT molecular complexity index is 1600. The van der Waals surface area contributed by atoms with Crippen molar-refractivity contribution in [1.29, 1.82) is 5.26 Å². The third kappa shape index (κ3) is 4.76. The molecular formula is C34H30FN3. The van der Waals surface area contributed by atoms with Crippen LogP contribution >= 0.6 is 0 Å². The summed E-state index contributed by atoms with van der Waals surface area (Å²) < 4.78 is 17.3. The largest absolute Gasteiger partial charge is 0.229 e. The van der Waals surface area contributed by atoms with Crippen molar-refractivity contribution in [2.45, 2.75) is 39.5 Å². The summed E-state index contributed by atoms with van der Waals surface area (Å²) in [6.07, 6.45) is 0. The van der Waals surface area contributed by atoms with Crippen LogP contribution in [0, 0.1) is 17.1 Å². The number of halogens is 1. The highest BCUT2D eigenvalue weighted by molar-refractivity contribution is 5.78. The van der Waals surface area contributed by atoms with Crippen molar-refractivity contribution in [2.24, 2.45) is 0 Å². The van der Waals surface area contributed by atoms with Gasteiger partial charge in [0.1, 0.15) is 17.6 Å². The minimum atomic E-state index is -0.390. The summed E-state index contributed by atoms with van der Waals surface area (Å²) in [7, 11) is 0. The van der Waals surface area contributed by atoms with Crippen molar-refractivity contribution in [3.63, 3.8) is 0 Å². The minimum Gasteiger partial charge on any atom is -0.229 e. The van der Waals surface area contributed by atoms with Crippen LogP contribution < -0.4 is 0 Å². The van der Waals surface area contributed by atoms with Crippen molar-refractivity contribution in [3.8, 4) is 45.3 Å². The fraction of sp³-hybridized carbons (Fsp3) is 0.176. The second kappa shape index (κ2) is 10.5. The van der Waals surface area contributed by atoms with E-state index in [0.29, 0.717) is 5.69 Å². The first-order chi connectivity index (χ1) is 18.4. The summed E-state index contributed by atoms with van der Waals surface area (Å²) in [5.74, 6) is 0.00833. The predicted octanol–water partition coefficient (Wildman–Crippen LogP) is 9.13. The molecule has 5 rings (SSSR count). The van der Waals surface area contributed by atoms with Gasteiger partial charge < -0.3 is 0 Å². The lowest BCUT2D eigenvalue weighted by Crippen LogP contribution is -2.07. The summed E-state index contributed by atoms with van der Waals surface area (Å²) in [5, 5.41) is 14.3. The molecule has 4 aromatic carbocycles. The number of rotatable bonds is 6. The third-order valence-corrected chi connectivity index (χ3v) is 6.91. The summed E-state index contributed by atoms with van der Waals surface area (Å²) in [5.41, 5.74) is 8.61. The highest BCUT2D eigenvalue weighted by Crippen LogP contribution is 2.41. The first-order valence-corrected chi connectivity index (χ1v) is 13.0. The second-order valence-electron chi connectivity index (χ2n) is 10.2. The van der Waals surface area contributed by atoms with Crippen molar-refractivity contribution in [3.05, 3.63) is 120 Å². The van der Waals surface area contributed by atoms with E-state index in [0.717, 1.165) is 44.6 Å². The molecule has 0 N–H and O–H groups in total. The Hall–Kier alpha value is -4.49. The molecule has 38 heavy (non-hydrogen) atoms. The van der Waals surface area contributed by atoms with Gasteiger partial charge in [-0.3, -0.25) is 0 Å². The average molecular weight is 500 g/mol. The molecule has 0 fully saturated rings. The standard InChI is InChI=1S/C34H30FN3/c1-22(2)29-17-27(25-13-9-6-10-14-25)18-30(23(3)4)34(29)33-20-28(21-36)37-38(33)32-16-15-26(19-31(32)35)24-11-7-5-8-12-24/h5-20,22-23H,1-4H3. The average Bonchev–Trinajstić information content (AvgIpc) is 3.37. The molecule has 1 heterocycles. The zero-order chi connectivity index (χ0) is 26.8. The molecule has 0 aliphatic carbocycles. The molecule has 4 heteroatoms. The van der Waals surface area contributed by atoms with Gasteiger partial charge in [0.15, 0.2) is 5.69 Å². The second-order valence-corrected chi connectivity index (χ2v) is 10.2. The van der Waals surface area contributed by atoms with E-state index in [2.05, 4.69) is 63.1 Å². The topological polar surface area (TPSA) is 41.6 Å². The summed E-state index contributed by atoms with van der Waals surface area (Å²) >= 11 is 0. The predicted molar refractivity (Wildman–Crippen MR) is 153 cm³/mol. The molecule has 0 saturated heterocycles. The van der Waals surface area contributed by atoms with Crippen LogP contribution in [-0.2, 0) is 0 Å². The Kier molecular flexibility index (Phi) is 6.94. The number of aromatic nitrogens is 2. The number of hydrogen-bond acceptors (Lipinski definition) is 2. The fourth-order valence-corrected chi connectivity index (χ4v) is 4.98. The molecule has 1 aromatic heterocycles. The van der Waals surface area contributed by atoms with Gasteiger partial charge in [0, 0.05) is 11.6 Å². The van der Waals surface area contributed by atoms with E-state index in [1.165, 1.54) is 6.07 Å². The van der Waals surface area contributed by atoms with Crippen LogP contribution in [0.3, 0.4) is 0 Å². The number of hydrogen-bond donors (Lipinski definition) is 0. The molecule has 3 nitrogen and oxygen atoms in total. The van der Waals surface area contributed by atoms with Crippen LogP contribution in [0.2, 0.25) is 0 Å². The monoisotopic (exact) mass is 499 g/mol. The lowest BCUT2D eigenvalue weighted by atomic mass is 9.84. The molecule has 0 aliphatic rings. The van der Waals surface area contributed by atoms with Gasteiger partial charge in [-0.15, -0.1) is 0 Å². The van der Waals surface area contributed by atoms with Crippen molar-refractivity contribution in [2.75, 3.05) is 0 Å². The van der Waals surface area contributed by atoms with Crippen molar-refractivity contribution in [1.82, 2.24) is 9.78 Å². The molecule has 188 valence electrons. The summed E-state index contributed by atoms with van der Waals surface area (Å²) in [6, 6.07) is 33.6. The van der Waals surface area contributed by atoms with Gasteiger partial charge in [0.25, 0.3) is 0 Å². The zero-order valence-corrected chi connectivity index (χ0v) is 22.1. The van der Waals surface area contributed by atoms with Gasteiger partial charge >= 0.3 is 0 Å². The molecule has 0 amide bonds. The normalized spacial score (nSPS) is 11.2. The maximum absolute atomic E-state index is 15.7. The van der Waals surface area contributed by atoms with Gasteiger partial charge in [-0.25, -0.2) is 9.07 Å². The SMILES string of the molecule is CC(C)c1cc(-c2ccccc2)cc(C(C)C)c1-c1cc(C#N)nn1-c1ccc(-c2ccccc2)cc1F. The number of nitrogens with zero attached hydrogens (tertiary/aromatic N) is 3. The highest BCUT2D eigenvalue weighted by Gasteiger charge is 2.24. The van der Waals surface area contributed by atoms with E-state index >= 15 is 4.39 Å². The third-order valence-electron chi connectivity index (χ3n) is 6.91. The van der Waals surface area contributed by atoms with Crippen LogP contribution in [0.15, 0.2) is 97.1 Å². The quantitative estimate of drug-likeness (QED) is 0.234. The lowest BCUT2D eigenvalue weighted by Gasteiger charge is -2.23. The first kappa shape index (κ1) is 25.2. The smallest absolute Gasteiger partial charge is 0.163 e. The Labute approximate surface area is 223 Å². The minimum absolute atomic E-state index is 0.199. The maximum Gasteiger partial charge on any atom is 0.163 e. The molecule has 0 bridgehead atoms. The van der Waals surface area contributed by atoms with Crippen LogP contribution in [0.5, 0.6) is 0 Å². The lowest BCUT2D eigenvalue weighted by molar-refractivity contribution is 0.611. The van der Waals surface area contributed by atoms with E-state index in [1.54, 1.807) is 16.8 Å². The van der Waals surface area contributed by atoms with Gasteiger partial charge in [-0.2, -0.15) is 10.4 Å². The summed E-state index contributed by atoms with van der Waals surface area (Å²) in [6.45, 7) is 8.66. The van der Waals surface area contributed by atoms with Gasteiger partial charge in [-0.05, 0) is 57.3 Å². The van der Waals surface area contributed by atoms with E-state index < -0.39 is 5.82 Å². The Morgan fingerprint density at radius 1 is 0.684 bits per heavy atom. The van der Waals surface area contributed by atoms with Crippen molar-refractivity contribution >= 4 is 0 Å². The molecule has 0 spiro atoms. The molecule has 0 atom stereocenters. The zero-order valence-electron chi connectivity index (χ0n) is 22.1. The van der Waals surface area contributed by atoms with Gasteiger partial charge in [0.05, 0.1) is 5.69 Å². The van der Waals surface area contributed by atoms with Crippen LogP contribution in [0.1, 0.15) is 56.4 Å². The van der Waals surface area contributed by atoms with Crippen LogP contribution in [0.4, 0.5) is 4.39 Å². The van der Waals surface area contributed by atoms with E-state index in [9.17, 15) is 5.26 Å². The molecule has 0 radical (unpaired) electrons. The highest BCUT2D eigenvalue weighted by atomic mass is 19.1. The fourth-order valence-electron chi connectivity index (χ4n) is 4.98. The first-order valence-electron chi connectivity index (χ1n) is 13.0. The number of benzene rings is 4. The van der Waals surface area contributed by atoms with Crippen LogP contribution in [-0.4, -0.2) is 9.78 Å². The number of nitriles is 1. The molecule has 0 unspecified atom stereocenters. The molecular weight excluding hydrogens is 469 g/mol. The molecule has 5 aromatic rings. The van der Waals surface area contributed by atoms with Gasteiger partial charge in [-0.1, -0.05) is 107 Å². The van der Waals surface area contributed by atoms with E-state index in [1.807, 2.05) is 54.6 Å². The molecule has 0 saturated carbocycles. The maximum atomic E-state index is 15.7.